The van der Waals surface area contributed by atoms with Gasteiger partial charge in [0.2, 0.25) is 16.4 Å². The number of hydrogen-bond donors (Lipinski definition) is 2. The van der Waals surface area contributed by atoms with E-state index in [2.05, 4.69) is 19.4 Å². The summed E-state index contributed by atoms with van der Waals surface area (Å²) in [6.07, 6.45) is 1.46. The van der Waals surface area contributed by atoms with Gasteiger partial charge in [-0.2, -0.15) is 4.98 Å². The number of sulfonamides is 1. The summed E-state index contributed by atoms with van der Waals surface area (Å²) in [4.78, 5) is 3.76. The number of hydrogen-bond acceptors (Lipinski definition) is 6. The number of aryl methyl sites for hydroxylation is 1. The normalized spacial score (nSPS) is 11.8. The predicted octanol–water partition coefficient (Wildman–Crippen LogP) is 0.497. The number of aromatic nitrogens is 2. The number of halogens is 1. The van der Waals surface area contributed by atoms with E-state index in [1.807, 2.05) is 0 Å². The Morgan fingerprint density at radius 2 is 2.19 bits per heavy atom. The lowest BCUT2D eigenvalue weighted by molar-refractivity contribution is 0.410. The molecule has 1 heterocycles. The molecule has 3 N–H and O–H groups in total. The SMILES string of the molecule is Cc1cc(S(=O)(=O)NCCc2ncon2)cc(CN)c1F. The molecule has 1 aromatic carbocycles. The second-order valence-electron chi connectivity index (χ2n) is 4.41. The van der Waals surface area contributed by atoms with Gasteiger partial charge in [-0.3, -0.25) is 0 Å². The number of nitrogens with one attached hydrogen (secondary N) is 1. The molecule has 9 heteroatoms. The lowest BCUT2D eigenvalue weighted by Crippen LogP contribution is -2.26. The number of benzene rings is 1. The topological polar surface area (TPSA) is 111 Å². The van der Waals surface area contributed by atoms with Crippen LogP contribution in [0.25, 0.3) is 0 Å². The molecule has 2 aromatic rings. The van der Waals surface area contributed by atoms with Gasteiger partial charge < -0.3 is 10.3 Å². The Hall–Kier alpha value is -1.84. The third kappa shape index (κ3) is 3.63. The zero-order valence-electron chi connectivity index (χ0n) is 11.3. The van der Waals surface area contributed by atoms with E-state index in [-0.39, 0.29) is 29.1 Å². The monoisotopic (exact) mass is 314 g/mol. The summed E-state index contributed by atoms with van der Waals surface area (Å²) < 4.78 is 44.9. The standard InChI is InChI=1S/C12H15FN4O3S/c1-8-4-10(5-9(6-14)12(8)13)21(18,19)16-3-2-11-15-7-20-17-11/h4-5,7,16H,2-3,6,14H2,1H3. The van der Waals surface area contributed by atoms with Crippen LogP contribution in [0.3, 0.4) is 0 Å². The molecule has 7 nitrogen and oxygen atoms in total. The van der Waals surface area contributed by atoms with Crippen LogP contribution in [0, 0.1) is 12.7 Å². The molecule has 1 aromatic heterocycles. The zero-order chi connectivity index (χ0) is 15.5. The summed E-state index contributed by atoms with van der Waals surface area (Å²) in [5, 5.41) is 3.57. The van der Waals surface area contributed by atoms with E-state index in [0.29, 0.717) is 12.2 Å². The van der Waals surface area contributed by atoms with Crippen molar-refractivity contribution in [2.24, 2.45) is 5.73 Å². The predicted molar refractivity (Wildman–Crippen MR) is 72.2 cm³/mol. The first-order valence-corrected chi connectivity index (χ1v) is 7.66. The van der Waals surface area contributed by atoms with Gasteiger partial charge in [0.1, 0.15) is 5.82 Å². The van der Waals surface area contributed by atoms with Gasteiger partial charge in [0.25, 0.3) is 0 Å². The van der Waals surface area contributed by atoms with Crippen molar-refractivity contribution in [1.82, 2.24) is 14.9 Å². The van der Waals surface area contributed by atoms with Gasteiger partial charge in [-0.1, -0.05) is 5.16 Å². The molecular formula is C12H15FN4O3S. The molecule has 0 unspecified atom stereocenters. The highest BCUT2D eigenvalue weighted by atomic mass is 32.2. The molecule has 0 amide bonds. The van der Waals surface area contributed by atoms with E-state index < -0.39 is 15.8 Å². The molecule has 0 radical (unpaired) electrons. The van der Waals surface area contributed by atoms with Gasteiger partial charge in [-0.15, -0.1) is 0 Å². The molecule has 0 spiro atoms. The maximum Gasteiger partial charge on any atom is 0.240 e. The van der Waals surface area contributed by atoms with Gasteiger partial charge in [0, 0.05) is 25.1 Å². The van der Waals surface area contributed by atoms with Crippen LogP contribution in [0.4, 0.5) is 4.39 Å². The van der Waals surface area contributed by atoms with Gasteiger partial charge >= 0.3 is 0 Å². The lowest BCUT2D eigenvalue weighted by Gasteiger charge is -2.10. The molecule has 0 aliphatic rings. The Morgan fingerprint density at radius 1 is 1.43 bits per heavy atom. The Morgan fingerprint density at radius 3 is 2.81 bits per heavy atom. The average Bonchev–Trinajstić information content (AvgIpc) is 2.94. The molecule has 0 fully saturated rings. The Kier molecular flexibility index (Phi) is 4.66. The first-order valence-electron chi connectivity index (χ1n) is 6.18. The van der Waals surface area contributed by atoms with Crippen molar-refractivity contribution < 1.29 is 17.3 Å². The highest BCUT2D eigenvalue weighted by Gasteiger charge is 2.17. The third-order valence-electron chi connectivity index (χ3n) is 2.88. The lowest BCUT2D eigenvalue weighted by atomic mass is 10.1. The van der Waals surface area contributed by atoms with Gasteiger partial charge in [-0.05, 0) is 24.6 Å². The van der Waals surface area contributed by atoms with Crippen molar-refractivity contribution >= 4 is 10.0 Å². The van der Waals surface area contributed by atoms with E-state index in [4.69, 9.17) is 5.73 Å². The molecule has 0 atom stereocenters. The Bertz CT molecular complexity index is 716. The third-order valence-corrected chi connectivity index (χ3v) is 4.32. The van der Waals surface area contributed by atoms with E-state index in [1.54, 1.807) is 0 Å². The van der Waals surface area contributed by atoms with Gasteiger partial charge in [0.15, 0.2) is 5.82 Å². The quantitative estimate of drug-likeness (QED) is 0.803. The van der Waals surface area contributed by atoms with Crippen molar-refractivity contribution in [3.8, 4) is 0 Å². The number of nitrogens with two attached hydrogens (primary N) is 1. The molecule has 0 bridgehead atoms. The van der Waals surface area contributed by atoms with Crippen LogP contribution in [0.15, 0.2) is 27.9 Å². The van der Waals surface area contributed by atoms with Crippen molar-refractivity contribution in [2.75, 3.05) is 6.54 Å². The minimum absolute atomic E-state index is 0.0186. The first kappa shape index (κ1) is 15.5. The van der Waals surface area contributed by atoms with E-state index in [0.717, 1.165) is 0 Å². The molecule has 2 rings (SSSR count). The summed E-state index contributed by atoms with van der Waals surface area (Å²) in [5.74, 6) is -0.0844. The summed E-state index contributed by atoms with van der Waals surface area (Å²) in [6.45, 7) is 1.53. The zero-order valence-corrected chi connectivity index (χ0v) is 12.2. The molecule has 21 heavy (non-hydrogen) atoms. The second kappa shape index (κ2) is 6.29. The van der Waals surface area contributed by atoms with Crippen molar-refractivity contribution in [3.63, 3.8) is 0 Å². The van der Waals surface area contributed by atoms with E-state index in [9.17, 15) is 12.8 Å². The van der Waals surface area contributed by atoms with Crippen LogP contribution in [-0.2, 0) is 23.0 Å². The summed E-state index contributed by atoms with van der Waals surface area (Å²) in [5.41, 5.74) is 5.81. The van der Waals surface area contributed by atoms with E-state index >= 15 is 0 Å². The molecular weight excluding hydrogens is 299 g/mol. The summed E-state index contributed by atoms with van der Waals surface area (Å²) >= 11 is 0. The molecule has 0 saturated heterocycles. The van der Waals surface area contributed by atoms with Crippen molar-refractivity contribution in [2.45, 2.75) is 24.8 Å². The molecule has 0 saturated carbocycles. The largest absolute Gasteiger partial charge is 0.343 e. The number of rotatable bonds is 6. The van der Waals surface area contributed by atoms with Gasteiger partial charge in [0.05, 0.1) is 4.90 Å². The molecule has 0 aliphatic heterocycles. The highest BCUT2D eigenvalue weighted by molar-refractivity contribution is 7.89. The second-order valence-corrected chi connectivity index (χ2v) is 6.18. The average molecular weight is 314 g/mol. The maximum atomic E-state index is 13.7. The van der Waals surface area contributed by atoms with Crippen LogP contribution < -0.4 is 10.5 Å². The summed E-state index contributed by atoms with van der Waals surface area (Å²) in [6, 6.07) is 2.50. The fourth-order valence-corrected chi connectivity index (χ4v) is 2.96. The van der Waals surface area contributed by atoms with Crippen LogP contribution in [0.2, 0.25) is 0 Å². The minimum Gasteiger partial charge on any atom is -0.343 e. The maximum absolute atomic E-state index is 13.7. The van der Waals surface area contributed by atoms with Crippen molar-refractivity contribution in [1.29, 1.82) is 0 Å². The number of nitrogens with zero attached hydrogens (tertiary/aromatic N) is 2. The smallest absolute Gasteiger partial charge is 0.240 e. The Balaban J connectivity index is 2.13. The highest BCUT2D eigenvalue weighted by Crippen LogP contribution is 2.18. The Labute approximate surface area is 121 Å². The van der Waals surface area contributed by atoms with Gasteiger partial charge in [-0.25, -0.2) is 17.5 Å². The summed E-state index contributed by atoms with van der Waals surface area (Å²) in [7, 11) is -3.74. The van der Waals surface area contributed by atoms with E-state index in [1.165, 1.54) is 25.5 Å². The van der Waals surface area contributed by atoms with Crippen LogP contribution in [-0.4, -0.2) is 25.1 Å². The molecule has 114 valence electrons. The fourth-order valence-electron chi connectivity index (χ4n) is 1.79. The minimum atomic E-state index is -3.74. The van der Waals surface area contributed by atoms with Crippen LogP contribution in [0.1, 0.15) is 17.0 Å². The van der Waals surface area contributed by atoms with Crippen LogP contribution >= 0.6 is 0 Å². The van der Waals surface area contributed by atoms with Crippen LogP contribution in [0.5, 0.6) is 0 Å². The first-order chi connectivity index (χ1) is 9.94. The fraction of sp³-hybridized carbons (Fsp3) is 0.333. The van der Waals surface area contributed by atoms with Crippen molar-refractivity contribution in [3.05, 3.63) is 41.3 Å². The molecule has 0 aliphatic carbocycles.